The maximum Gasteiger partial charge on any atom is 0.142 e. The molecule has 3 heteroatoms. The summed E-state index contributed by atoms with van der Waals surface area (Å²) < 4.78 is 13.0. The Morgan fingerprint density at radius 3 is 3.00 bits per heavy atom. The monoisotopic (exact) mass is 190 g/mol. The molecule has 0 aromatic carbocycles. The fourth-order valence-corrected chi connectivity index (χ4v) is 2.26. The van der Waals surface area contributed by atoms with Crippen LogP contribution >= 0.6 is 0 Å². The van der Waals surface area contributed by atoms with Gasteiger partial charge >= 0.3 is 0 Å². The van der Waals surface area contributed by atoms with Gasteiger partial charge in [0.25, 0.3) is 0 Å². The molecule has 1 aromatic rings. The summed E-state index contributed by atoms with van der Waals surface area (Å²) in [6.45, 7) is 1.09. The summed E-state index contributed by atoms with van der Waals surface area (Å²) in [5.41, 5.74) is 2.14. The summed E-state index contributed by atoms with van der Waals surface area (Å²) in [6.07, 6.45) is 6.29. The highest BCUT2D eigenvalue weighted by Gasteiger charge is 2.37. The molecule has 1 N–H and O–H groups in total. The van der Waals surface area contributed by atoms with E-state index in [4.69, 9.17) is 0 Å². The fraction of sp³-hybridized carbons (Fsp3) is 0.364. The first kappa shape index (κ1) is 8.12. The van der Waals surface area contributed by atoms with Gasteiger partial charge in [-0.15, -0.1) is 0 Å². The van der Waals surface area contributed by atoms with E-state index in [1.165, 1.54) is 11.8 Å². The van der Waals surface area contributed by atoms with E-state index in [1.54, 1.807) is 12.3 Å². The molecule has 1 aromatic heterocycles. The second-order valence-corrected chi connectivity index (χ2v) is 3.93. The van der Waals surface area contributed by atoms with Gasteiger partial charge in [0.2, 0.25) is 0 Å². The van der Waals surface area contributed by atoms with E-state index in [0.717, 1.165) is 24.4 Å². The van der Waals surface area contributed by atoms with E-state index >= 15 is 0 Å². The summed E-state index contributed by atoms with van der Waals surface area (Å²) in [5, 5.41) is 3.36. The maximum atomic E-state index is 13.0. The Morgan fingerprint density at radius 2 is 2.36 bits per heavy atom. The number of hydrogen-bond donors (Lipinski definition) is 1. The first-order chi connectivity index (χ1) is 6.84. The van der Waals surface area contributed by atoms with Gasteiger partial charge in [0.15, 0.2) is 0 Å². The molecule has 2 nitrogen and oxygen atoms in total. The molecule has 0 radical (unpaired) electrons. The third-order valence-corrected chi connectivity index (χ3v) is 3.09. The van der Waals surface area contributed by atoms with Crippen molar-refractivity contribution in [1.29, 1.82) is 0 Å². The Balaban J connectivity index is 1.95. The third-order valence-electron chi connectivity index (χ3n) is 3.09. The second kappa shape index (κ2) is 2.89. The molecule has 14 heavy (non-hydrogen) atoms. The average Bonchev–Trinajstić information content (AvgIpc) is 2.41. The minimum Gasteiger partial charge on any atom is -0.309 e. The number of hydrogen-bond acceptors (Lipinski definition) is 2. The molecule has 2 heterocycles. The molecule has 0 unspecified atom stereocenters. The normalized spacial score (nSPS) is 29.4. The van der Waals surface area contributed by atoms with Gasteiger partial charge in [0, 0.05) is 24.3 Å². The van der Waals surface area contributed by atoms with Gasteiger partial charge in [-0.2, -0.15) is 0 Å². The van der Waals surface area contributed by atoms with Crippen molar-refractivity contribution in [2.75, 3.05) is 6.54 Å². The van der Waals surface area contributed by atoms with Crippen molar-refractivity contribution in [3.8, 4) is 0 Å². The molecule has 1 fully saturated rings. The predicted molar refractivity (Wildman–Crippen MR) is 52.1 cm³/mol. The molecule has 1 saturated heterocycles. The van der Waals surface area contributed by atoms with Crippen molar-refractivity contribution in [3.63, 3.8) is 0 Å². The lowest BCUT2D eigenvalue weighted by molar-refractivity contribution is 0.306. The zero-order valence-corrected chi connectivity index (χ0v) is 7.70. The van der Waals surface area contributed by atoms with Crippen LogP contribution in [0.15, 0.2) is 24.5 Å². The number of halogens is 1. The standard InChI is InChI=1S/C11H11FN2/c12-9-3-8(4-13-6-9)10-2-1-7-5-14-11(7)10/h2-4,6-7,11,14H,1,5H2/t7-,11+/m0/s1. The van der Waals surface area contributed by atoms with E-state index < -0.39 is 0 Å². The smallest absolute Gasteiger partial charge is 0.142 e. The van der Waals surface area contributed by atoms with Gasteiger partial charge in [-0.1, -0.05) is 6.08 Å². The van der Waals surface area contributed by atoms with Crippen molar-refractivity contribution in [2.24, 2.45) is 5.92 Å². The fourth-order valence-electron chi connectivity index (χ4n) is 2.26. The summed E-state index contributed by atoms with van der Waals surface area (Å²) in [7, 11) is 0. The van der Waals surface area contributed by atoms with Crippen molar-refractivity contribution in [3.05, 3.63) is 35.9 Å². The zero-order chi connectivity index (χ0) is 9.54. The van der Waals surface area contributed by atoms with E-state index in [1.807, 2.05) is 0 Å². The number of nitrogens with zero attached hydrogens (tertiary/aromatic N) is 1. The number of aromatic nitrogens is 1. The molecule has 0 spiro atoms. The minimum atomic E-state index is -0.258. The SMILES string of the molecule is Fc1cncc(C2=CC[C@H]3CN[C@@H]23)c1. The number of fused-ring (bicyclic) bond motifs is 1. The molecule has 2 atom stereocenters. The Morgan fingerprint density at radius 1 is 1.43 bits per heavy atom. The van der Waals surface area contributed by atoms with Crippen LogP contribution in [0, 0.1) is 11.7 Å². The summed E-state index contributed by atoms with van der Waals surface area (Å²) in [5.74, 6) is 0.472. The molecule has 0 amide bonds. The predicted octanol–water partition coefficient (Wildman–Crippen LogP) is 1.60. The van der Waals surface area contributed by atoms with E-state index in [9.17, 15) is 4.39 Å². The van der Waals surface area contributed by atoms with Crippen LogP contribution in [0.25, 0.3) is 5.57 Å². The molecular weight excluding hydrogens is 179 g/mol. The summed E-state index contributed by atoms with van der Waals surface area (Å²) in [6, 6.07) is 2.00. The van der Waals surface area contributed by atoms with Crippen LogP contribution < -0.4 is 5.32 Å². The average molecular weight is 190 g/mol. The van der Waals surface area contributed by atoms with E-state index in [-0.39, 0.29) is 5.82 Å². The van der Waals surface area contributed by atoms with Crippen LogP contribution in [0.5, 0.6) is 0 Å². The second-order valence-electron chi connectivity index (χ2n) is 3.93. The molecule has 72 valence electrons. The first-order valence-electron chi connectivity index (χ1n) is 4.89. The van der Waals surface area contributed by atoms with Gasteiger partial charge < -0.3 is 5.32 Å². The molecule has 0 bridgehead atoms. The maximum absolute atomic E-state index is 13.0. The lowest BCUT2D eigenvalue weighted by atomic mass is 9.89. The van der Waals surface area contributed by atoms with Crippen LogP contribution in [-0.4, -0.2) is 17.6 Å². The van der Waals surface area contributed by atoms with Crippen LogP contribution in [-0.2, 0) is 0 Å². The van der Waals surface area contributed by atoms with Crippen LogP contribution in [0.4, 0.5) is 4.39 Å². The number of nitrogens with one attached hydrogen (secondary N) is 1. The molecule has 3 rings (SSSR count). The van der Waals surface area contributed by atoms with Gasteiger partial charge in [0.1, 0.15) is 5.82 Å². The molecule has 1 aliphatic carbocycles. The highest BCUT2D eigenvalue weighted by Crippen LogP contribution is 2.36. The summed E-state index contributed by atoms with van der Waals surface area (Å²) >= 11 is 0. The van der Waals surface area contributed by atoms with Crippen molar-refractivity contribution in [2.45, 2.75) is 12.5 Å². The van der Waals surface area contributed by atoms with Crippen molar-refractivity contribution in [1.82, 2.24) is 10.3 Å². The first-order valence-corrected chi connectivity index (χ1v) is 4.89. The van der Waals surface area contributed by atoms with E-state index in [0.29, 0.717) is 6.04 Å². The number of allylic oxidation sites excluding steroid dienone is 1. The molecule has 1 aliphatic heterocycles. The van der Waals surface area contributed by atoms with Crippen molar-refractivity contribution < 1.29 is 4.39 Å². The third kappa shape index (κ3) is 1.09. The largest absolute Gasteiger partial charge is 0.309 e. The highest BCUT2D eigenvalue weighted by molar-refractivity contribution is 5.72. The zero-order valence-electron chi connectivity index (χ0n) is 7.70. The lowest BCUT2D eigenvalue weighted by Gasteiger charge is -2.34. The Kier molecular flexibility index (Phi) is 1.67. The molecular formula is C11H11FN2. The minimum absolute atomic E-state index is 0.258. The lowest BCUT2D eigenvalue weighted by Crippen LogP contribution is -2.50. The van der Waals surface area contributed by atoms with Crippen LogP contribution in [0.3, 0.4) is 0 Å². The van der Waals surface area contributed by atoms with Crippen LogP contribution in [0.1, 0.15) is 12.0 Å². The van der Waals surface area contributed by atoms with Gasteiger partial charge in [-0.05, 0) is 24.0 Å². The molecule has 2 aliphatic rings. The molecule has 0 saturated carbocycles. The van der Waals surface area contributed by atoms with Gasteiger partial charge in [-0.25, -0.2) is 4.39 Å². The Hall–Kier alpha value is -1.22. The topological polar surface area (TPSA) is 24.9 Å². The summed E-state index contributed by atoms with van der Waals surface area (Å²) in [4.78, 5) is 3.87. The Labute approximate surface area is 81.9 Å². The quantitative estimate of drug-likeness (QED) is 0.727. The van der Waals surface area contributed by atoms with E-state index in [2.05, 4.69) is 16.4 Å². The Bertz CT molecular complexity index is 400. The van der Waals surface area contributed by atoms with Gasteiger partial charge in [-0.3, -0.25) is 4.98 Å². The highest BCUT2D eigenvalue weighted by atomic mass is 19.1. The number of pyridine rings is 1. The van der Waals surface area contributed by atoms with Crippen molar-refractivity contribution >= 4 is 5.57 Å². The van der Waals surface area contributed by atoms with Gasteiger partial charge in [0.05, 0.1) is 6.20 Å². The number of rotatable bonds is 1. The van der Waals surface area contributed by atoms with Crippen LogP contribution in [0.2, 0.25) is 0 Å².